The molecule has 1 fully saturated rings. The molecule has 6 heteroatoms. The lowest BCUT2D eigenvalue weighted by Crippen LogP contribution is -2.02. The van der Waals surface area contributed by atoms with Crippen LogP contribution in [0.1, 0.15) is 12.8 Å². The highest BCUT2D eigenvalue weighted by Crippen LogP contribution is 2.30. The minimum atomic E-state index is 0.864. The Morgan fingerprint density at radius 3 is 3.11 bits per heavy atom. The van der Waals surface area contributed by atoms with Crippen LogP contribution in [-0.2, 0) is 0 Å². The molecule has 18 heavy (non-hydrogen) atoms. The SMILES string of the molecule is c1cc(-c2cn3nc(NCC4CC4)sc3n2)cs1. The molecule has 3 aromatic rings. The van der Waals surface area contributed by atoms with E-state index in [0.29, 0.717) is 0 Å². The molecule has 3 heterocycles. The summed E-state index contributed by atoms with van der Waals surface area (Å²) in [5, 5.41) is 13.0. The summed E-state index contributed by atoms with van der Waals surface area (Å²) in [4.78, 5) is 5.56. The van der Waals surface area contributed by atoms with Crippen molar-refractivity contribution in [3.8, 4) is 11.3 Å². The van der Waals surface area contributed by atoms with Gasteiger partial charge < -0.3 is 5.32 Å². The van der Waals surface area contributed by atoms with Crippen molar-refractivity contribution < 1.29 is 0 Å². The quantitative estimate of drug-likeness (QED) is 0.794. The zero-order valence-electron chi connectivity index (χ0n) is 9.67. The first kappa shape index (κ1) is 10.5. The minimum Gasteiger partial charge on any atom is -0.360 e. The van der Waals surface area contributed by atoms with Gasteiger partial charge in [-0.15, -0.1) is 5.10 Å². The summed E-state index contributed by atoms with van der Waals surface area (Å²) in [6.45, 7) is 1.05. The summed E-state index contributed by atoms with van der Waals surface area (Å²) in [5.41, 5.74) is 2.17. The fourth-order valence-electron chi connectivity index (χ4n) is 1.87. The zero-order valence-corrected chi connectivity index (χ0v) is 11.3. The van der Waals surface area contributed by atoms with Crippen LogP contribution < -0.4 is 5.32 Å². The van der Waals surface area contributed by atoms with Gasteiger partial charge in [0, 0.05) is 17.5 Å². The first-order valence-electron chi connectivity index (χ1n) is 6.01. The number of aromatic nitrogens is 3. The number of fused-ring (bicyclic) bond motifs is 1. The average Bonchev–Trinajstić information content (AvgIpc) is 2.80. The van der Waals surface area contributed by atoms with E-state index < -0.39 is 0 Å². The van der Waals surface area contributed by atoms with E-state index in [-0.39, 0.29) is 0 Å². The number of rotatable bonds is 4. The van der Waals surface area contributed by atoms with E-state index in [9.17, 15) is 0 Å². The van der Waals surface area contributed by atoms with Gasteiger partial charge in [-0.3, -0.25) is 0 Å². The van der Waals surface area contributed by atoms with Crippen molar-refractivity contribution in [2.75, 3.05) is 11.9 Å². The molecule has 0 radical (unpaired) electrons. The molecule has 3 aromatic heterocycles. The number of nitrogens with one attached hydrogen (secondary N) is 1. The summed E-state index contributed by atoms with van der Waals surface area (Å²) < 4.78 is 1.87. The van der Waals surface area contributed by atoms with Crippen LogP contribution >= 0.6 is 22.7 Å². The van der Waals surface area contributed by atoms with E-state index in [1.807, 2.05) is 10.7 Å². The number of nitrogens with zero attached hydrogens (tertiary/aromatic N) is 3. The number of hydrogen-bond acceptors (Lipinski definition) is 5. The standard InChI is InChI=1S/C12H12N4S2/c1-2-8(1)5-13-11-15-16-6-10(14-12(16)18-11)9-3-4-17-7-9/h3-4,6-8H,1-2,5H2,(H,13,15). The topological polar surface area (TPSA) is 42.2 Å². The van der Waals surface area contributed by atoms with Crippen LogP contribution in [-0.4, -0.2) is 21.1 Å². The number of thiophene rings is 1. The van der Waals surface area contributed by atoms with Gasteiger partial charge in [-0.1, -0.05) is 11.3 Å². The fourth-order valence-corrected chi connectivity index (χ4v) is 3.31. The first-order valence-corrected chi connectivity index (χ1v) is 7.77. The van der Waals surface area contributed by atoms with Crippen molar-refractivity contribution in [2.24, 2.45) is 5.92 Å². The summed E-state index contributed by atoms with van der Waals surface area (Å²) in [5.74, 6) is 0.864. The highest BCUT2D eigenvalue weighted by Gasteiger charge is 2.21. The third-order valence-electron chi connectivity index (χ3n) is 3.10. The molecule has 1 aliphatic carbocycles. The first-order chi connectivity index (χ1) is 8.88. The Bertz CT molecular complexity index is 632. The van der Waals surface area contributed by atoms with Crippen LogP contribution in [0.15, 0.2) is 23.0 Å². The van der Waals surface area contributed by atoms with E-state index in [2.05, 4.69) is 32.2 Å². The molecule has 0 atom stereocenters. The number of anilines is 1. The summed E-state index contributed by atoms with van der Waals surface area (Å²) in [7, 11) is 0. The van der Waals surface area contributed by atoms with Crippen molar-refractivity contribution >= 4 is 32.8 Å². The molecule has 0 saturated heterocycles. The van der Waals surface area contributed by atoms with Crippen molar-refractivity contribution in [1.82, 2.24) is 14.6 Å². The predicted octanol–water partition coefficient (Wildman–Crippen LogP) is 3.34. The van der Waals surface area contributed by atoms with Crippen LogP contribution in [0.25, 0.3) is 16.2 Å². The maximum Gasteiger partial charge on any atom is 0.214 e. The van der Waals surface area contributed by atoms with Crippen molar-refractivity contribution in [3.63, 3.8) is 0 Å². The Hall–Kier alpha value is -1.40. The van der Waals surface area contributed by atoms with Gasteiger partial charge in [0.15, 0.2) is 0 Å². The minimum absolute atomic E-state index is 0.864. The number of imidazole rings is 1. The van der Waals surface area contributed by atoms with Gasteiger partial charge >= 0.3 is 0 Å². The third kappa shape index (κ3) is 1.91. The highest BCUT2D eigenvalue weighted by atomic mass is 32.1. The van der Waals surface area contributed by atoms with E-state index in [1.54, 1.807) is 22.7 Å². The monoisotopic (exact) mass is 276 g/mol. The fraction of sp³-hybridized carbons (Fsp3) is 0.333. The van der Waals surface area contributed by atoms with Gasteiger partial charge in [-0.05, 0) is 30.2 Å². The van der Waals surface area contributed by atoms with Gasteiger partial charge in [0.1, 0.15) is 0 Å². The van der Waals surface area contributed by atoms with Crippen molar-refractivity contribution in [3.05, 3.63) is 23.0 Å². The molecule has 0 aromatic carbocycles. The molecular weight excluding hydrogens is 264 g/mol. The molecule has 0 aliphatic heterocycles. The predicted molar refractivity (Wildman–Crippen MR) is 75.4 cm³/mol. The Morgan fingerprint density at radius 2 is 2.39 bits per heavy atom. The molecule has 0 spiro atoms. The average molecular weight is 276 g/mol. The molecule has 1 N–H and O–H groups in total. The van der Waals surface area contributed by atoms with Crippen LogP contribution in [0.2, 0.25) is 0 Å². The van der Waals surface area contributed by atoms with Crippen molar-refractivity contribution in [2.45, 2.75) is 12.8 Å². The van der Waals surface area contributed by atoms with Crippen LogP contribution in [0, 0.1) is 5.92 Å². The molecule has 0 amide bonds. The lowest BCUT2D eigenvalue weighted by molar-refractivity contribution is 0.874. The van der Waals surface area contributed by atoms with Gasteiger partial charge in [0.25, 0.3) is 0 Å². The lowest BCUT2D eigenvalue weighted by atomic mass is 10.3. The van der Waals surface area contributed by atoms with E-state index >= 15 is 0 Å². The van der Waals surface area contributed by atoms with Crippen LogP contribution in [0.4, 0.5) is 5.13 Å². The zero-order chi connectivity index (χ0) is 11.9. The van der Waals surface area contributed by atoms with E-state index in [0.717, 1.165) is 28.2 Å². The van der Waals surface area contributed by atoms with Crippen LogP contribution in [0.3, 0.4) is 0 Å². The van der Waals surface area contributed by atoms with Gasteiger partial charge in [0.2, 0.25) is 10.1 Å². The molecule has 4 rings (SSSR count). The molecular formula is C12H12N4S2. The second-order valence-electron chi connectivity index (χ2n) is 4.60. The second-order valence-corrected chi connectivity index (χ2v) is 6.33. The van der Waals surface area contributed by atoms with Gasteiger partial charge in [0.05, 0.1) is 11.9 Å². The van der Waals surface area contributed by atoms with Gasteiger partial charge in [-0.2, -0.15) is 11.3 Å². The van der Waals surface area contributed by atoms with E-state index in [1.165, 1.54) is 18.4 Å². The molecule has 1 saturated carbocycles. The number of hydrogen-bond donors (Lipinski definition) is 1. The smallest absolute Gasteiger partial charge is 0.214 e. The Morgan fingerprint density at radius 1 is 1.44 bits per heavy atom. The largest absolute Gasteiger partial charge is 0.360 e. The van der Waals surface area contributed by atoms with E-state index in [4.69, 9.17) is 0 Å². The third-order valence-corrected chi connectivity index (χ3v) is 4.66. The summed E-state index contributed by atoms with van der Waals surface area (Å²) in [6, 6.07) is 2.09. The highest BCUT2D eigenvalue weighted by molar-refractivity contribution is 7.20. The molecule has 0 unspecified atom stereocenters. The normalized spacial score (nSPS) is 15.3. The Labute approximate surface area is 112 Å². The molecule has 1 aliphatic rings. The molecule has 4 nitrogen and oxygen atoms in total. The summed E-state index contributed by atoms with van der Waals surface area (Å²) in [6.07, 6.45) is 4.71. The maximum atomic E-state index is 4.60. The Balaban J connectivity index is 1.60. The van der Waals surface area contributed by atoms with Gasteiger partial charge in [-0.25, -0.2) is 9.50 Å². The molecule has 0 bridgehead atoms. The molecule has 92 valence electrons. The van der Waals surface area contributed by atoms with Crippen LogP contribution in [0.5, 0.6) is 0 Å². The Kier molecular flexibility index (Phi) is 2.38. The summed E-state index contributed by atoms with van der Waals surface area (Å²) >= 11 is 3.31. The lowest BCUT2D eigenvalue weighted by Gasteiger charge is -1.97. The van der Waals surface area contributed by atoms with Crippen molar-refractivity contribution in [1.29, 1.82) is 0 Å². The maximum absolute atomic E-state index is 4.60. The second kappa shape index (κ2) is 4.07.